The van der Waals surface area contributed by atoms with Crippen LogP contribution in [0.15, 0.2) is 40.1 Å². The number of hydrogen-bond donors (Lipinski definition) is 2. The van der Waals surface area contributed by atoms with Gasteiger partial charge in [0.25, 0.3) is 0 Å². The third-order valence-electron chi connectivity index (χ3n) is 7.62. The van der Waals surface area contributed by atoms with Gasteiger partial charge in [0.15, 0.2) is 11.7 Å². The number of hydrazone groups is 1. The van der Waals surface area contributed by atoms with Crippen LogP contribution in [0.25, 0.3) is 0 Å². The second-order valence-corrected chi connectivity index (χ2v) is 11.8. The van der Waals surface area contributed by atoms with Crippen molar-refractivity contribution in [2.45, 2.75) is 70.4 Å². The van der Waals surface area contributed by atoms with Crippen molar-refractivity contribution in [2.75, 3.05) is 44.7 Å². The summed E-state index contributed by atoms with van der Waals surface area (Å²) in [5.41, 5.74) is 6.07. The van der Waals surface area contributed by atoms with Crippen LogP contribution >= 0.6 is 0 Å². The number of hydrogen-bond acceptors (Lipinski definition) is 9. The molecule has 0 radical (unpaired) electrons. The van der Waals surface area contributed by atoms with Gasteiger partial charge in [0.2, 0.25) is 0 Å². The van der Waals surface area contributed by atoms with Crippen LogP contribution in [0.2, 0.25) is 0 Å². The summed E-state index contributed by atoms with van der Waals surface area (Å²) in [4.78, 5) is 20.9. The molecule has 224 valence electrons. The third-order valence-corrected chi connectivity index (χ3v) is 7.62. The molecule has 4 heterocycles. The lowest BCUT2D eigenvalue weighted by Crippen LogP contribution is -2.48. The van der Waals surface area contributed by atoms with Crippen molar-refractivity contribution in [2.24, 2.45) is 15.8 Å². The Morgan fingerprint density at radius 2 is 1.80 bits per heavy atom. The molecule has 0 saturated carbocycles. The number of benzene rings is 1. The molecule has 3 N–H and O–H groups in total. The molecular formula is C28H38F3N7O3. The van der Waals surface area contributed by atoms with E-state index in [2.05, 4.69) is 15.2 Å². The van der Waals surface area contributed by atoms with Gasteiger partial charge >= 0.3 is 12.3 Å². The zero-order valence-electron chi connectivity index (χ0n) is 23.9. The van der Waals surface area contributed by atoms with Crippen molar-refractivity contribution in [3.63, 3.8) is 0 Å². The molecule has 0 spiro atoms. The van der Waals surface area contributed by atoms with E-state index in [1.54, 1.807) is 42.8 Å². The summed E-state index contributed by atoms with van der Waals surface area (Å²) >= 11 is 0. The molecule has 0 aromatic heterocycles. The predicted molar refractivity (Wildman–Crippen MR) is 149 cm³/mol. The van der Waals surface area contributed by atoms with Gasteiger partial charge in [-0.1, -0.05) is 6.07 Å². The quantitative estimate of drug-likeness (QED) is 0.556. The molecule has 2 fully saturated rings. The number of fused-ring (bicyclic) bond motifs is 1. The summed E-state index contributed by atoms with van der Waals surface area (Å²) in [6.07, 6.45) is -3.00. The Bertz CT molecular complexity index is 1240. The maximum atomic E-state index is 14.3. The number of nitrogens with one attached hydrogen (secondary N) is 1. The van der Waals surface area contributed by atoms with Crippen molar-refractivity contribution in [1.82, 2.24) is 14.8 Å². The van der Waals surface area contributed by atoms with Gasteiger partial charge in [-0.05, 0) is 64.2 Å². The first-order valence-electron chi connectivity index (χ1n) is 14.0. The number of anilines is 1. The third kappa shape index (κ3) is 6.24. The fourth-order valence-electron chi connectivity index (χ4n) is 5.66. The second-order valence-electron chi connectivity index (χ2n) is 11.8. The first kappa shape index (κ1) is 29.0. The molecule has 4 aliphatic rings. The van der Waals surface area contributed by atoms with Crippen molar-refractivity contribution in [3.8, 4) is 0 Å². The number of rotatable bonds is 3. The Kier molecular flexibility index (Phi) is 7.84. The van der Waals surface area contributed by atoms with Crippen LogP contribution < -0.4 is 11.1 Å². The minimum Gasteiger partial charge on any atom is -0.444 e. The van der Waals surface area contributed by atoms with Crippen LogP contribution in [-0.4, -0.2) is 89.8 Å². The molecular weight excluding hydrogens is 539 g/mol. The zero-order chi connectivity index (χ0) is 29.5. The lowest BCUT2D eigenvalue weighted by Gasteiger charge is -2.37. The van der Waals surface area contributed by atoms with Crippen LogP contribution in [-0.2, 0) is 15.7 Å². The normalized spacial score (nSPS) is 24.0. The van der Waals surface area contributed by atoms with E-state index in [9.17, 15) is 18.0 Å². The van der Waals surface area contributed by atoms with Gasteiger partial charge in [0.1, 0.15) is 11.8 Å². The Labute approximate surface area is 238 Å². The fourth-order valence-corrected chi connectivity index (χ4v) is 5.66. The van der Waals surface area contributed by atoms with E-state index in [0.717, 1.165) is 6.07 Å². The van der Waals surface area contributed by atoms with Crippen LogP contribution in [0.4, 0.5) is 23.7 Å². The molecule has 13 heteroatoms. The van der Waals surface area contributed by atoms with Gasteiger partial charge in [-0.25, -0.2) is 9.80 Å². The fraction of sp³-hybridized carbons (Fsp3) is 0.607. The number of morpholine rings is 1. The molecule has 1 aromatic carbocycles. The molecule has 2 atom stereocenters. The number of piperidine rings is 1. The number of amides is 1. The summed E-state index contributed by atoms with van der Waals surface area (Å²) in [5, 5.41) is 9.84. The van der Waals surface area contributed by atoms with Crippen molar-refractivity contribution in [1.29, 1.82) is 0 Å². The van der Waals surface area contributed by atoms with E-state index in [1.807, 2.05) is 6.92 Å². The lowest BCUT2D eigenvalue weighted by molar-refractivity contribution is -0.138. The van der Waals surface area contributed by atoms with E-state index in [4.69, 9.17) is 20.3 Å². The van der Waals surface area contributed by atoms with Gasteiger partial charge < -0.3 is 30.3 Å². The van der Waals surface area contributed by atoms with Crippen LogP contribution in [0.3, 0.4) is 0 Å². The summed E-state index contributed by atoms with van der Waals surface area (Å²) in [7, 11) is 0. The molecule has 1 amide bonds. The van der Waals surface area contributed by atoms with E-state index in [1.165, 1.54) is 6.07 Å². The molecule has 5 rings (SSSR count). The maximum absolute atomic E-state index is 14.3. The predicted octanol–water partition coefficient (Wildman–Crippen LogP) is 4.16. The molecule has 2 unspecified atom stereocenters. The zero-order valence-corrected chi connectivity index (χ0v) is 23.9. The molecule has 2 saturated heterocycles. The number of nitrogens with zero attached hydrogens (tertiary/aromatic N) is 5. The van der Waals surface area contributed by atoms with Crippen LogP contribution in [0.5, 0.6) is 0 Å². The number of halogens is 3. The Hall–Kier alpha value is -3.48. The number of likely N-dealkylation sites (tertiary alicyclic amines) is 1. The average Bonchev–Trinajstić information content (AvgIpc) is 3.23. The standard InChI is InChI=1S/C28H38F3N7O3/c1-17-24(38-25(33-17)20(32)16-22(35-38)36-12-14-40-15-13-36)34-21-7-5-6-19(28(29,30)31)23(21)18-8-10-37(11-9-18)26(39)41-27(2,3)4/h5-7,16-18,24,34H,8-15,32H2,1-4H3. The van der Waals surface area contributed by atoms with Gasteiger partial charge in [-0.2, -0.15) is 18.3 Å². The van der Waals surface area contributed by atoms with Crippen molar-refractivity contribution in [3.05, 3.63) is 41.1 Å². The Balaban J connectivity index is 1.41. The van der Waals surface area contributed by atoms with Gasteiger partial charge in [0.05, 0.1) is 30.5 Å². The van der Waals surface area contributed by atoms with Gasteiger partial charge in [-0.3, -0.25) is 4.99 Å². The molecule has 41 heavy (non-hydrogen) atoms. The first-order valence-corrected chi connectivity index (χ1v) is 14.0. The Morgan fingerprint density at radius 1 is 1.12 bits per heavy atom. The lowest BCUT2D eigenvalue weighted by atomic mass is 9.85. The SMILES string of the molecule is CC1N=C2C(N)=CC(N3CCOCC3)=NN2C1Nc1cccc(C(F)(F)F)c1C1CCN(C(=O)OC(C)(C)C)CC1. The molecule has 4 aliphatic heterocycles. The number of nitrogens with two attached hydrogens (primary N) is 1. The highest BCUT2D eigenvalue weighted by Gasteiger charge is 2.41. The van der Waals surface area contributed by atoms with Gasteiger partial charge in [0, 0.05) is 37.9 Å². The summed E-state index contributed by atoms with van der Waals surface area (Å²) in [5.74, 6) is 0.750. The highest BCUT2D eigenvalue weighted by molar-refractivity contribution is 6.09. The van der Waals surface area contributed by atoms with E-state index >= 15 is 0 Å². The Morgan fingerprint density at radius 3 is 2.44 bits per heavy atom. The number of aliphatic imine (C=N–C) groups is 1. The number of alkyl halides is 3. The minimum atomic E-state index is -4.54. The summed E-state index contributed by atoms with van der Waals surface area (Å²) in [6.45, 7) is 10.3. The largest absolute Gasteiger partial charge is 0.444 e. The van der Waals surface area contributed by atoms with E-state index in [-0.39, 0.29) is 11.6 Å². The maximum Gasteiger partial charge on any atom is 0.416 e. The molecule has 10 nitrogen and oxygen atoms in total. The van der Waals surface area contributed by atoms with E-state index in [0.29, 0.717) is 75.3 Å². The minimum absolute atomic E-state index is 0.197. The second kappa shape index (κ2) is 11.1. The first-order chi connectivity index (χ1) is 19.3. The highest BCUT2D eigenvalue weighted by atomic mass is 19.4. The summed E-state index contributed by atoms with van der Waals surface area (Å²) in [6, 6.07) is 3.88. The van der Waals surface area contributed by atoms with Crippen molar-refractivity contribution < 1.29 is 27.4 Å². The smallest absolute Gasteiger partial charge is 0.416 e. The van der Waals surface area contributed by atoms with Gasteiger partial charge in [-0.15, -0.1) is 0 Å². The summed E-state index contributed by atoms with van der Waals surface area (Å²) < 4.78 is 53.9. The molecule has 1 aromatic rings. The topological polar surface area (TPSA) is 108 Å². The number of ether oxygens (including phenoxy) is 2. The number of carbonyl (C=O) groups is 1. The average molecular weight is 578 g/mol. The van der Waals surface area contributed by atoms with Crippen LogP contribution in [0, 0.1) is 0 Å². The molecule has 0 aliphatic carbocycles. The van der Waals surface area contributed by atoms with E-state index < -0.39 is 35.5 Å². The molecule has 0 bridgehead atoms. The van der Waals surface area contributed by atoms with Crippen LogP contribution in [0.1, 0.15) is 57.6 Å². The number of amidine groups is 2. The monoisotopic (exact) mass is 577 g/mol. The highest BCUT2D eigenvalue weighted by Crippen LogP contribution is 2.43. The van der Waals surface area contributed by atoms with Crippen molar-refractivity contribution >= 4 is 23.5 Å². The number of carbonyl (C=O) groups excluding carboxylic acids is 1.